The number of fused-ring (bicyclic) bond motifs is 1. The van der Waals surface area contributed by atoms with Gasteiger partial charge in [0.25, 0.3) is 0 Å². The average molecular weight is 262 g/mol. The Morgan fingerprint density at radius 2 is 1.80 bits per heavy atom. The Morgan fingerprint density at radius 3 is 2.55 bits per heavy atom. The van der Waals surface area contributed by atoms with Gasteiger partial charge in [-0.25, -0.2) is 4.98 Å². The third-order valence-corrected chi connectivity index (χ3v) is 2.93. The van der Waals surface area contributed by atoms with Gasteiger partial charge < -0.3 is 9.84 Å². The van der Waals surface area contributed by atoms with E-state index in [-0.39, 0.29) is 17.4 Å². The van der Waals surface area contributed by atoms with Crippen molar-refractivity contribution in [2.75, 3.05) is 0 Å². The predicted molar refractivity (Wildman–Crippen MR) is 74.6 cm³/mol. The van der Waals surface area contributed by atoms with Gasteiger partial charge in [-0.2, -0.15) is 5.26 Å². The van der Waals surface area contributed by atoms with Crippen molar-refractivity contribution in [3.63, 3.8) is 0 Å². The van der Waals surface area contributed by atoms with Gasteiger partial charge in [-0.1, -0.05) is 24.3 Å². The molecule has 0 radical (unpaired) electrons. The van der Waals surface area contributed by atoms with Crippen LogP contribution in [0.25, 0.3) is 10.8 Å². The second kappa shape index (κ2) is 4.90. The monoisotopic (exact) mass is 262 g/mol. The van der Waals surface area contributed by atoms with Gasteiger partial charge in [0.05, 0.1) is 0 Å². The molecule has 0 amide bonds. The number of nitriles is 1. The lowest BCUT2D eigenvalue weighted by Gasteiger charge is -2.09. The molecule has 1 aromatic heterocycles. The molecule has 0 bridgehead atoms. The van der Waals surface area contributed by atoms with Gasteiger partial charge in [0.2, 0.25) is 5.88 Å². The van der Waals surface area contributed by atoms with E-state index < -0.39 is 0 Å². The normalized spacial score (nSPS) is 10.2. The first-order chi connectivity index (χ1) is 9.78. The molecule has 0 spiro atoms. The van der Waals surface area contributed by atoms with Gasteiger partial charge in [0.15, 0.2) is 11.5 Å². The highest BCUT2D eigenvalue weighted by molar-refractivity contribution is 5.86. The molecule has 0 unspecified atom stereocenters. The van der Waals surface area contributed by atoms with Crippen LogP contribution in [0.1, 0.15) is 5.56 Å². The van der Waals surface area contributed by atoms with E-state index in [0.29, 0.717) is 5.56 Å². The first kappa shape index (κ1) is 12.0. The van der Waals surface area contributed by atoms with Crippen molar-refractivity contribution in [2.45, 2.75) is 0 Å². The number of rotatable bonds is 2. The van der Waals surface area contributed by atoms with Gasteiger partial charge in [0, 0.05) is 6.20 Å². The van der Waals surface area contributed by atoms with Crippen LogP contribution >= 0.6 is 0 Å². The van der Waals surface area contributed by atoms with Crippen LogP contribution in [0.5, 0.6) is 17.4 Å². The van der Waals surface area contributed by atoms with Crippen molar-refractivity contribution in [3.05, 3.63) is 60.3 Å². The fraction of sp³-hybridized carbons (Fsp3) is 0. The van der Waals surface area contributed by atoms with Crippen molar-refractivity contribution in [1.29, 1.82) is 5.26 Å². The van der Waals surface area contributed by atoms with E-state index in [9.17, 15) is 5.11 Å². The van der Waals surface area contributed by atoms with E-state index in [0.717, 1.165) is 10.8 Å². The number of aromatic nitrogens is 1. The molecule has 0 aliphatic rings. The molecule has 20 heavy (non-hydrogen) atoms. The molecular weight excluding hydrogens is 252 g/mol. The molecule has 0 aliphatic carbocycles. The molecule has 0 saturated carbocycles. The Morgan fingerprint density at radius 1 is 1.05 bits per heavy atom. The summed E-state index contributed by atoms with van der Waals surface area (Å²) in [7, 11) is 0. The molecule has 1 heterocycles. The Hall–Kier alpha value is -3.06. The van der Waals surface area contributed by atoms with Gasteiger partial charge in [-0.05, 0) is 35.0 Å². The fourth-order valence-electron chi connectivity index (χ4n) is 1.95. The summed E-state index contributed by atoms with van der Waals surface area (Å²) in [5, 5.41) is 20.9. The lowest BCUT2D eigenvalue weighted by atomic mass is 10.1. The summed E-state index contributed by atoms with van der Waals surface area (Å²) in [5.41, 5.74) is 0.319. The topological polar surface area (TPSA) is 66.1 Å². The molecule has 1 N–H and O–H groups in total. The van der Waals surface area contributed by atoms with Crippen LogP contribution in [0, 0.1) is 11.3 Å². The van der Waals surface area contributed by atoms with Crippen LogP contribution in [-0.4, -0.2) is 10.1 Å². The SMILES string of the molecule is N#Cc1cccnc1Oc1cc2ccccc2cc1O. The van der Waals surface area contributed by atoms with Gasteiger partial charge in [0.1, 0.15) is 11.6 Å². The number of phenols is 1. The van der Waals surface area contributed by atoms with Gasteiger partial charge in [-0.3, -0.25) is 0 Å². The quantitative estimate of drug-likeness (QED) is 0.766. The molecule has 0 aliphatic heterocycles. The highest BCUT2D eigenvalue weighted by atomic mass is 16.5. The number of phenolic OH excluding ortho intramolecular Hbond substituents is 1. The summed E-state index contributed by atoms with van der Waals surface area (Å²) in [4.78, 5) is 4.01. The zero-order valence-electron chi connectivity index (χ0n) is 10.4. The average Bonchev–Trinajstić information content (AvgIpc) is 2.48. The maximum Gasteiger partial charge on any atom is 0.237 e. The van der Waals surface area contributed by atoms with Crippen LogP contribution in [0.2, 0.25) is 0 Å². The summed E-state index contributed by atoms with van der Waals surface area (Å²) in [6.45, 7) is 0. The summed E-state index contributed by atoms with van der Waals surface area (Å²) in [6.07, 6.45) is 1.54. The number of ether oxygens (including phenoxy) is 1. The first-order valence-electron chi connectivity index (χ1n) is 6.02. The van der Waals surface area contributed by atoms with E-state index in [4.69, 9.17) is 10.00 Å². The molecule has 4 heteroatoms. The fourth-order valence-corrected chi connectivity index (χ4v) is 1.95. The van der Waals surface area contributed by atoms with Crippen LogP contribution in [0.4, 0.5) is 0 Å². The van der Waals surface area contributed by atoms with Gasteiger partial charge >= 0.3 is 0 Å². The largest absolute Gasteiger partial charge is 0.504 e. The minimum Gasteiger partial charge on any atom is -0.504 e. The van der Waals surface area contributed by atoms with E-state index in [1.165, 1.54) is 6.20 Å². The van der Waals surface area contributed by atoms with Crippen LogP contribution in [-0.2, 0) is 0 Å². The lowest BCUT2D eigenvalue weighted by Crippen LogP contribution is -1.91. The number of aromatic hydroxyl groups is 1. The van der Waals surface area contributed by atoms with Gasteiger partial charge in [-0.15, -0.1) is 0 Å². The Kier molecular flexibility index (Phi) is 2.94. The summed E-state index contributed by atoms with van der Waals surface area (Å²) in [6, 6.07) is 16.3. The third kappa shape index (κ3) is 2.13. The highest BCUT2D eigenvalue weighted by Crippen LogP contribution is 2.34. The second-order valence-corrected chi connectivity index (χ2v) is 4.24. The highest BCUT2D eigenvalue weighted by Gasteiger charge is 2.10. The molecule has 3 aromatic rings. The smallest absolute Gasteiger partial charge is 0.237 e. The molecule has 96 valence electrons. The van der Waals surface area contributed by atoms with Crippen molar-refractivity contribution in [2.24, 2.45) is 0 Å². The van der Waals surface area contributed by atoms with Crippen molar-refractivity contribution in [3.8, 4) is 23.4 Å². The third-order valence-electron chi connectivity index (χ3n) is 2.93. The van der Waals surface area contributed by atoms with Crippen molar-refractivity contribution in [1.82, 2.24) is 4.98 Å². The molecular formula is C16H10N2O2. The number of nitrogens with zero attached hydrogens (tertiary/aromatic N) is 2. The number of pyridine rings is 1. The Balaban J connectivity index is 2.07. The predicted octanol–water partition coefficient (Wildman–Crippen LogP) is 3.60. The maximum atomic E-state index is 10.00. The zero-order chi connectivity index (χ0) is 13.9. The standard InChI is InChI=1S/C16H10N2O2/c17-10-13-6-3-7-18-16(13)20-15-9-12-5-2-1-4-11(12)8-14(15)19/h1-9,19H. The van der Waals surface area contributed by atoms with Crippen molar-refractivity contribution < 1.29 is 9.84 Å². The second-order valence-electron chi connectivity index (χ2n) is 4.24. The van der Waals surface area contributed by atoms with Crippen LogP contribution < -0.4 is 4.74 Å². The molecule has 0 atom stereocenters. The summed E-state index contributed by atoms with van der Waals surface area (Å²) < 4.78 is 5.56. The van der Waals surface area contributed by atoms with E-state index in [1.807, 2.05) is 30.3 Å². The molecule has 3 rings (SSSR count). The van der Waals surface area contributed by atoms with E-state index in [2.05, 4.69) is 4.98 Å². The summed E-state index contributed by atoms with van der Waals surface area (Å²) in [5.74, 6) is 0.470. The van der Waals surface area contributed by atoms with Crippen molar-refractivity contribution >= 4 is 10.8 Å². The number of benzene rings is 2. The minimum absolute atomic E-state index is 0.0123. The van der Waals surface area contributed by atoms with E-state index >= 15 is 0 Å². The minimum atomic E-state index is 0.0123. The van der Waals surface area contributed by atoms with Crippen LogP contribution in [0.3, 0.4) is 0 Å². The Labute approximate surface area is 115 Å². The van der Waals surface area contributed by atoms with Crippen LogP contribution in [0.15, 0.2) is 54.7 Å². The molecule has 4 nitrogen and oxygen atoms in total. The zero-order valence-corrected chi connectivity index (χ0v) is 10.4. The van der Waals surface area contributed by atoms with E-state index in [1.54, 1.807) is 24.3 Å². The number of hydrogen-bond acceptors (Lipinski definition) is 4. The summed E-state index contributed by atoms with van der Waals surface area (Å²) >= 11 is 0. The maximum absolute atomic E-state index is 10.00. The molecule has 0 saturated heterocycles. The molecule has 2 aromatic carbocycles. The lowest BCUT2D eigenvalue weighted by molar-refractivity contribution is 0.403. The molecule has 0 fully saturated rings. The Bertz CT molecular complexity index is 822. The number of hydrogen-bond donors (Lipinski definition) is 1. The first-order valence-corrected chi connectivity index (χ1v) is 6.02.